The van der Waals surface area contributed by atoms with Crippen LogP contribution in [0.4, 0.5) is 11.4 Å². The van der Waals surface area contributed by atoms with Crippen LogP contribution in [0.3, 0.4) is 0 Å². The molecule has 2 aromatic carbocycles. The maximum Gasteiger partial charge on any atom is 0.262 e. The number of rotatable bonds is 7. The van der Waals surface area contributed by atoms with E-state index in [1.807, 2.05) is 24.3 Å². The number of nitrogen functional groups attached to an aromatic ring is 1. The molecule has 5 heteroatoms. The van der Waals surface area contributed by atoms with Crippen molar-refractivity contribution in [1.29, 1.82) is 0 Å². The smallest absolute Gasteiger partial charge is 0.262 e. The fraction of sp³-hybridized carbons (Fsp3) is 0.300. The maximum atomic E-state index is 12.2. The first-order chi connectivity index (χ1) is 11.9. The average Bonchev–Trinajstić information content (AvgIpc) is 2.60. The number of hydrogen-bond acceptors (Lipinski definition) is 4. The second-order valence-electron chi connectivity index (χ2n) is 6.11. The summed E-state index contributed by atoms with van der Waals surface area (Å²) in [6, 6.07) is 12.5. The highest BCUT2D eigenvalue weighted by molar-refractivity contribution is 5.97. The van der Waals surface area contributed by atoms with Crippen molar-refractivity contribution in [3.8, 4) is 5.75 Å². The molecule has 0 unspecified atom stereocenters. The Morgan fingerprint density at radius 3 is 2.52 bits per heavy atom. The number of ketones is 1. The minimum atomic E-state index is -0.263. The van der Waals surface area contributed by atoms with Gasteiger partial charge in [0.2, 0.25) is 0 Å². The molecular formula is C20H24N2O3. The van der Waals surface area contributed by atoms with Crippen LogP contribution in [0.15, 0.2) is 42.5 Å². The van der Waals surface area contributed by atoms with Gasteiger partial charge in [0.25, 0.3) is 5.91 Å². The van der Waals surface area contributed by atoms with Gasteiger partial charge in [-0.3, -0.25) is 9.59 Å². The number of para-hydroxylation sites is 1. The summed E-state index contributed by atoms with van der Waals surface area (Å²) in [6.45, 7) is 5.78. The molecule has 0 fully saturated rings. The van der Waals surface area contributed by atoms with Crippen molar-refractivity contribution in [2.24, 2.45) is 0 Å². The molecule has 0 atom stereocenters. The maximum absolute atomic E-state index is 12.2. The van der Waals surface area contributed by atoms with Crippen LogP contribution in [0.1, 0.15) is 49.0 Å². The van der Waals surface area contributed by atoms with Crippen LogP contribution in [0.5, 0.6) is 5.75 Å². The lowest BCUT2D eigenvalue weighted by molar-refractivity contribution is -0.118. The largest absolute Gasteiger partial charge is 0.482 e. The number of ether oxygens (including phenoxy) is 1. The second-order valence-corrected chi connectivity index (χ2v) is 6.11. The van der Waals surface area contributed by atoms with Gasteiger partial charge in [0.15, 0.2) is 12.4 Å². The van der Waals surface area contributed by atoms with Crippen LogP contribution in [0, 0.1) is 0 Å². The topological polar surface area (TPSA) is 81.4 Å². The molecule has 0 bridgehead atoms. The number of carbonyl (C=O) groups is 2. The van der Waals surface area contributed by atoms with E-state index in [0.717, 1.165) is 11.3 Å². The molecule has 0 aliphatic rings. The molecule has 132 valence electrons. The Balaban J connectivity index is 2.00. The molecule has 5 nitrogen and oxygen atoms in total. The van der Waals surface area contributed by atoms with E-state index >= 15 is 0 Å². The lowest BCUT2D eigenvalue weighted by Gasteiger charge is -2.14. The molecule has 2 rings (SSSR count). The zero-order valence-corrected chi connectivity index (χ0v) is 14.8. The number of benzene rings is 2. The van der Waals surface area contributed by atoms with Crippen LogP contribution < -0.4 is 15.8 Å². The minimum Gasteiger partial charge on any atom is -0.482 e. The Labute approximate surface area is 148 Å². The SMILES string of the molecule is CCC(=O)c1ccc(OCC(=O)Nc2ccccc2C(C)C)c(N)c1. The van der Waals surface area contributed by atoms with Crippen LogP contribution >= 0.6 is 0 Å². The van der Waals surface area contributed by atoms with Gasteiger partial charge in [-0.05, 0) is 35.7 Å². The van der Waals surface area contributed by atoms with Crippen molar-refractivity contribution in [3.05, 3.63) is 53.6 Å². The zero-order valence-electron chi connectivity index (χ0n) is 14.8. The highest BCUT2D eigenvalue weighted by Gasteiger charge is 2.11. The van der Waals surface area contributed by atoms with Gasteiger partial charge in [0, 0.05) is 17.7 Å². The molecule has 0 spiro atoms. The first kappa shape index (κ1) is 18.5. The number of hydrogen-bond donors (Lipinski definition) is 2. The second kappa shape index (κ2) is 8.33. The monoisotopic (exact) mass is 340 g/mol. The standard InChI is InChI=1S/C20H24N2O3/c1-4-18(23)14-9-10-19(16(21)11-14)25-12-20(24)22-17-8-6-5-7-15(17)13(2)3/h5-11,13H,4,12,21H2,1-3H3,(H,22,24). The van der Waals surface area contributed by atoms with Crippen LogP contribution in [-0.4, -0.2) is 18.3 Å². The van der Waals surface area contributed by atoms with Crippen molar-refractivity contribution in [3.63, 3.8) is 0 Å². The van der Waals surface area contributed by atoms with Gasteiger partial charge in [-0.15, -0.1) is 0 Å². The van der Waals surface area contributed by atoms with Crippen molar-refractivity contribution >= 4 is 23.1 Å². The molecule has 0 saturated heterocycles. The summed E-state index contributed by atoms with van der Waals surface area (Å²) < 4.78 is 5.49. The Kier molecular flexibility index (Phi) is 6.17. The number of nitrogens with one attached hydrogen (secondary N) is 1. The van der Waals surface area contributed by atoms with Gasteiger partial charge in [-0.25, -0.2) is 0 Å². The molecule has 0 aliphatic carbocycles. The number of amides is 1. The van der Waals surface area contributed by atoms with E-state index in [4.69, 9.17) is 10.5 Å². The summed E-state index contributed by atoms with van der Waals surface area (Å²) in [7, 11) is 0. The van der Waals surface area contributed by atoms with Gasteiger partial charge in [0.1, 0.15) is 5.75 Å². The van der Waals surface area contributed by atoms with Gasteiger partial charge < -0.3 is 15.8 Å². The highest BCUT2D eigenvalue weighted by atomic mass is 16.5. The predicted octanol–water partition coefficient (Wildman–Crippen LogP) is 4.00. The van der Waals surface area contributed by atoms with E-state index in [2.05, 4.69) is 19.2 Å². The van der Waals surface area contributed by atoms with Gasteiger partial charge in [0.05, 0.1) is 5.69 Å². The fourth-order valence-corrected chi connectivity index (χ4v) is 2.50. The summed E-state index contributed by atoms with van der Waals surface area (Å²) in [4.78, 5) is 23.8. The third-order valence-corrected chi connectivity index (χ3v) is 3.87. The number of Topliss-reactive ketones (excluding diaryl/α,β-unsaturated/α-hetero) is 1. The lowest BCUT2D eigenvalue weighted by atomic mass is 10.0. The summed E-state index contributed by atoms with van der Waals surface area (Å²) >= 11 is 0. The van der Waals surface area contributed by atoms with Crippen molar-refractivity contribution in [2.75, 3.05) is 17.7 Å². The molecule has 0 aromatic heterocycles. The van der Waals surface area contributed by atoms with Crippen molar-refractivity contribution in [1.82, 2.24) is 0 Å². The van der Waals surface area contributed by atoms with Crippen LogP contribution in [0.25, 0.3) is 0 Å². The number of carbonyl (C=O) groups excluding carboxylic acids is 2. The Morgan fingerprint density at radius 2 is 1.88 bits per heavy atom. The summed E-state index contributed by atoms with van der Waals surface area (Å²) in [6.07, 6.45) is 0.414. The summed E-state index contributed by atoms with van der Waals surface area (Å²) in [5, 5.41) is 2.86. The third-order valence-electron chi connectivity index (χ3n) is 3.87. The van der Waals surface area contributed by atoms with Gasteiger partial charge in [-0.1, -0.05) is 39.0 Å². The van der Waals surface area contributed by atoms with E-state index in [0.29, 0.717) is 29.3 Å². The first-order valence-corrected chi connectivity index (χ1v) is 8.36. The molecule has 0 aliphatic heterocycles. The zero-order chi connectivity index (χ0) is 18.4. The number of anilines is 2. The summed E-state index contributed by atoms with van der Waals surface area (Å²) in [5.41, 5.74) is 8.64. The quantitative estimate of drug-likeness (QED) is 0.589. The first-order valence-electron chi connectivity index (χ1n) is 8.36. The van der Waals surface area contributed by atoms with Crippen molar-refractivity contribution in [2.45, 2.75) is 33.1 Å². The molecule has 3 N–H and O–H groups in total. The molecule has 0 radical (unpaired) electrons. The Morgan fingerprint density at radius 1 is 1.16 bits per heavy atom. The van der Waals surface area contributed by atoms with E-state index in [9.17, 15) is 9.59 Å². The molecular weight excluding hydrogens is 316 g/mol. The fourth-order valence-electron chi connectivity index (χ4n) is 2.50. The third kappa shape index (κ3) is 4.83. The Bertz CT molecular complexity index is 769. The Hall–Kier alpha value is -2.82. The molecule has 0 heterocycles. The normalized spacial score (nSPS) is 10.6. The average molecular weight is 340 g/mol. The van der Waals surface area contributed by atoms with Gasteiger partial charge in [-0.2, -0.15) is 0 Å². The van der Waals surface area contributed by atoms with E-state index in [1.54, 1.807) is 25.1 Å². The highest BCUT2D eigenvalue weighted by Crippen LogP contribution is 2.25. The molecule has 1 amide bonds. The van der Waals surface area contributed by atoms with E-state index in [-0.39, 0.29) is 18.3 Å². The minimum absolute atomic E-state index is 0.0151. The molecule has 25 heavy (non-hydrogen) atoms. The molecule has 0 saturated carbocycles. The van der Waals surface area contributed by atoms with Crippen LogP contribution in [-0.2, 0) is 4.79 Å². The summed E-state index contributed by atoms with van der Waals surface area (Å²) in [5.74, 6) is 0.444. The van der Waals surface area contributed by atoms with Crippen molar-refractivity contribution < 1.29 is 14.3 Å². The predicted molar refractivity (Wildman–Crippen MR) is 100 cm³/mol. The number of nitrogens with two attached hydrogens (primary N) is 1. The van der Waals surface area contributed by atoms with E-state index < -0.39 is 0 Å². The van der Waals surface area contributed by atoms with E-state index in [1.165, 1.54) is 0 Å². The lowest BCUT2D eigenvalue weighted by Crippen LogP contribution is -2.21. The van der Waals surface area contributed by atoms with Gasteiger partial charge >= 0.3 is 0 Å². The molecule has 2 aromatic rings. The van der Waals surface area contributed by atoms with Crippen LogP contribution in [0.2, 0.25) is 0 Å².